The molecular weight excluding hydrogens is 196 g/mol. The Hall–Kier alpha value is -1.33. The van der Waals surface area contributed by atoms with Gasteiger partial charge in [-0.3, -0.25) is 0 Å². The Kier molecular flexibility index (Phi) is 3.88. The van der Waals surface area contributed by atoms with Crippen LogP contribution in [0.3, 0.4) is 0 Å². The summed E-state index contributed by atoms with van der Waals surface area (Å²) in [6.45, 7) is 3.77. The molecule has 0 fully saturated rings. The molecule has 1 rings (SSSR count). The van der Waals surface area contributed by atoms with E-state index in [0.717, 1.165) is 0 Å². The number of aromatic nitrogens is 1. The molecule has 0 aliphatic rings. The molecular formula is C10H16N2O3. The van der Waals surface area contributed by atoms with E-state index in [2.05, 4.69) is 4.98 Å². The van der Waals surface area contributed by atoms with E-state index in [1.807, 2.05) is 13.8 Å². The van der Waals surface area contributed by atoms with Crippen molar-refractivity contribution in [3.05, 3.63) is 17.8 Å². The normalized spacial score (nSPS) is 12.9. The summed E-state index contributed by atoms with van der Waals surface area (Å²) in [4.78, 5) is 4.07. The number of pyridine rings is 1. The number of hydrogen-bond donors (Lipinski definition) is 2. The molecule has 0 saturated carbocycles. The highest BCUT2D eigenvalue weighted by Gasteiger charge is 2.11. The van der Waals surface area contributed by atoms with Crippen LogP contribution in [0.4, 0.5) is 5.69 Å². The molecule has 1 unspecified atom stereocenters. The SMILES string of the molecule is COC(O)c1cc(N)cc(OC(C)C)n1. The predicted molar refractivity (Wildman–Crippen MR) is 56.4 cm³/mol. The summed E-state index contributed by atoms with van der Waals surface area (Å²) in [5, 5.41) is 9.42. The van der Waals surface area contributed by atoms with Crippen molar-refractivity contribution >= 4 is 5.69 Å². The third kappa shape index (κ3) is 3.38. The van der Waals surface area contributed by atoms with Gasteiger partial charge in [-0.25, -0.2) is 4.98 Å². The molecule has 0 saturated heterocycles. The maximum Gasteiger partial charge on any atom is 0.215 e. The minimum atomic E-state index is -1.08. The molecule has 1 heterocycles. The van der Waals surface area contributed by atoms with Gasteiger partial charge in [0.1, 0.15) is 5.69 Å². The second-order valence-electron chi connectivity index (χ2n) is 3.42. The van der Waals surface area contributed by atoms with E-state index in [1.54, 1.807) is 12.1 Å². The molecule has 1 aromatic heterocycles. The molecule has 0 aromatic carbocycles. The van der Waals surface area contributed by atoms with E-state index in [1.165, 1.54) is 7.11 Å². The van der Waals surface area contributed by atoms with Crippen molar-refractivity contribution in [1.82, 2.24) is 4.98 Å². The van der Waals surface area contributed by atoms with Crippen LogP contribution in [0.15, 0.2) is 12.1 Å². The van der Waals surface area contributed by atoms with Gasteiger partial charge in [0.2, 0.25) is 5.88 Å². The number of aliphatic hydroxyl groups is 1. The zero-order valence-electron chi connectivity index (χ0n) is 9.10. The molecule has 0 spiro atoms. The molecule has 5 nitrogen and oxygen atoms in total. The van der Waals surface area contributed by atoms with E-state index in [0.29, 0.717) is 17.3 Å². The first-order valence-corrected chi connectivity index (χ1v) is 4.68. The molecule has 5 heteroatoms. The number of hydrogen-bond acceptors (Lipinski definition) is 5. The number of methoxy groups -OCH3 is 1. The first-order chi connectivity index (χ1) is 7.02. The third-order valence-corrected chi connectivity index (χ3v) is 1.68. The predicted octanol–water partition coefficient (Wildman–Crippen LogP) is 1.09. The zero-order chi connectivity index (χ0) is 11.4. The number of ether oxygens (including phenoxy) is 2. The second-order valence-corrected chi connectivity index (χ2v) is 3.42. The summed E-state index contributed by atoms with van der Waals surface area (Å²) < 4.78 is 10.1. The lowest BCUT2D eigenvalue weighted by molar-refractivity contribution is -0.0801. The number of anilines is 1. The van der Waals surface area contributed by atoms with E-state index >= 15 is 0 Å². The fourth-order valence-electron chi connectivity index (χ4n) is 1.10. The monoisotopic (exact) mass is 212 g/mol. The Morgan fingerprint density at radius 1 is 1.40 bits per heavy atom. The van der Waals surface area contributed by atoms with Crippen molar-refractivity contribution in [3.63, 3.8) is 0 Å². The first kappa shape index (κ1) is 11.7. The molecule has 1 atom stereocenters. The Bertz CT molecular complexity index is 328. The first-order valence-electron chi connectivity index (χ1n) is 4.68. The van der Waals surface area contributed by atoms with Crippen molar-refractivity contribution in [1.29, 1.82) is 0 Å². The van der Waals surface area contributed by atoms with Crippen LogP contribution < -0.4 is 10.5 Å². The van der Waals surface area contributed by atoms with Gasteiger partial charge in [-0.2, -0.15) is 0 Å². The lowest BCUT2D eigenvalue weighted by Gasteiger charge is -2.13. The van der Waals surface area contributed by atoms with Crippen molar-refractivity contribution in [2.45, 2.75) is 26.2 Å². The van der Waals surface area contributed by atoms with Gasteiger partial charge in [0.15, 0.2) is 6.29 Å². The average molecular weight is 212 g/mol. The van der Waals surface area contributed by atoms with E-state index in [-0.39, 0.29) is 6.10 Å². The molecule has 15 heavy (non-hydrogen) atoms. The van der Waals surface area contributed by atoms with Crippen LogP contribution in [0, 0.1) is 0 Å². The van der Waals surface area contributed by atoms with Gasteiger partial charge in [0.25, 0.3) is 0 Å². The summed E-state index contributed by atoms with van der Waals surface area (Å²) >= 11 is 0. The molecule has 0 aliphatic heterocycles. The Balaban J connectivity index is 2.94. The van der Waals surface area contributed by atoms with E-state index < -0.39 is 6.29 Å². The fraction of sp³-hybridized carbons (Fsp3) is 0.500. The van der Waals surface area contributed by atoms with Crippen molar-refractivity contribution in [2.24, 2.45) is 0 Å². The summed E-state index contributed by atoms with van der Waals surface area (Å²) in [6.07, 6.45) is -1.07. The maximum absolute atomic E-state index is 9.42. The van der Waals surface area contributed by atoms with E-state index in [4.69, 9.17) is 15.2 Å². The lowest BCUT2D eigenvalue weighted by atomic mass is 10.3. The maximum atomic E-state index is 9.42. The van der Waals surface area contributed by atoms with Crippen molar-refractivity contribution < 1.29 is 14.6 Å². The van der Waals surface area contributed by atoms with Crippen LogP contribution in [-0.2, 0) is 4.74 Å². The number of aliphatic hydroxyl groups excluding tert-OH is 1. The highest BCUT2D eigenvalue weighted by atomic mass is 16.6. The molecule has 0 radical (unpaired) electrons. The highest BCUT2D eigenvalue weighted by molar-refractivity contribution is 5.42. The van der Waals surface area contributed by atoms with Crippen LogP contribution in [0.2, 0.25) is 0 Å². The Morgan fingerprint density at radius 3 is 2.60 bits per heavy atom. The van der Waals surface area contributed by atoms with Crippen LogP contribution in [0.1, 0.15) is 25.8 Å². The van der Waals surface area contributed by atoms with Crippen LogP contribution in [0.5, 0.6) is 5.88 Å². The van der Waals surface area contributed by atoms with Crippen LogP contribution >= 0.6 is 0 Å². The summed E-state index contributed by atoms with van der Waals surface area (Å²) in [6, 6.07) is 3.15. The summed E-state index contributed by atoms with van der Waals surface area (Å²) in [5.74, 6) is 0.385. The number of nitrogen functional groups attached to an aromatic ring is 1. The molecule has 84 valence electrons. The molecule has 1 aromatic rings. The van der Waals surface area contributed by atoms with Crippen LogP contribution in [-0.4, -0.2) is 23.3 Å². The number of rotatable bonds is 4. The molecule has 3 N–H and O–H groups in total. The standard InChI is InChI=1S/C10H16N2O3/c1-6(2)15-9-5-7(11)4-8(12-9)10(13)14-3/h4-6,10,13H,1-3H3,(H2,11,12). The largest absolute Gasteiger partial charge is 0.475 e. The van der Waals surface area contributed by atoms with Gasteiger partial charge in [-0.05, 0) is 19.9 Å². The topological polar surface area (TPSA) is 77.6 Å². The van der Waals surface area contributed by atoms with Gasteiger partial charge in [-0.15, -0.1) is 0 Å². The number of nitrogens with two attached hydrogens (primary N) is 1. The zero-order valence-corrected chi connectivity index (χ0v) is 9.10. The second kappa shape index (κ2) is 4.95. The average Bonchev–Trinajstić information content (AvgIpc) is 2.14. The highest BCUT2D eigenvalue weighted by Crippen LogP contribution is 2.20. The van der Waals surface area contributed by atoms with Crippen molar-refractivity contribution in [2.75, 3.05) is 12.8 Å². The molecule has 0 aliphatic carbocycles. The van der Waals surface area contributed by atoms with Gasteiger partial charge in [0.05, 0.1) is 6.10 Å². The smallest absolute Gasteiger partial charge is 0.215 e. The fourth-order valence-corrected chi connectivity index (χ4v) is 1.10. The summed E-state index contributed by atoms with van der Waals surface area (Å²) in [5.41, 5.74) is 6.46. The molecule has 0 bridgehead atoms. The third-order valence-electron chi connectivity index (χ3n) is 1.68. The minimum Gasteiger partial charge on any atom is -0.475 e. The van der Waals surface area contributed by atoms with Crippen LogP contribution in [0.25, 0.3) is 0 Å². The van der Waals surface area contributed by atoms with Gasteiger partial charge in [0, 0.05) is 18.9 Å². The Morgan fingerprint density at radius 2 is 2.07 bits per heavy atom. The van der Waals surface area contributed by atoms with Gasteiger partial charge in [-0.1, -0.05) is 0 Å². The Labute approximate surface area is 88.8 Å². The lowest BCUT2D eigenvalue weighted by Crippen LogP contribution is -2.10. The minimum absolute atomic E-state index is 0.00633. The van der Waals surface area contributed by atoms with Gasteiger partial charge < -0.3 is 20.3 Å². The summed E-state index contributed by atoms with van der Waals surface area (Å²) in [7, 11) is 1.39. The number of nitrogens with zero attached hydrogens (tertiary/aromatic N) is 1. The van der Waals surface area contributed by atoms with Crippen molar-refractivity contribution in [3.8, 4) is 5.88 Å². The molecule has 0 amide bonds. The van der Waals surface area contributed by atoms with E-state index in [9.17, 15) is 5.11 Å². The quantitative estimate of drug-likeness (QED) is 0.730. The van der Waals surface area contributed by atoms with Gasteiger partial charge >= 0.3 is 0 Å².